The highest BCUT2D eigenvalue weighted by Crippen LogP contribution is 2.29. The lowest BCUT2D eigenvalue weighted by molar-refractivity contribution is 0.102. The van der Waals surface area contributed by atoms with Gasteiger partial charge in [0, 0.05) is 10.0 Å². The molecule has 26 heavy (non-hydrogen) atoms. The molecule has 134 valence electrons. The molecule has 3 aromatic rings. The molecule has 2 aromatic carbocycles. The van der Waals surface area contributed by atoms with Crippen LogP contribution in [0, 0.1) is 0 Å². The zero-order valence-corrected chi connectivity index (χ0v) is 17.2. The summed E-state index contributed by atoms with van der Waals surface area (Å²) in [4.78, 5) is 12.4. The van der Waals surface area contributed by atoms with Gasteiger partial charge in [-0.3, -0.25) is 4.79 Å². The number of benzene rings is 2. The molecule has 1 aromatic heterocycles. The van der Waals surface area contributed by atoms with Crippen molar-refractivity contribution >= 4 is 33.5 Å². The zero-order chi connectivity index (χ0) is 18.7. The van der Waals surface area contributed by atoms with E-state index in [0.29, 0.717) is 16.7 Å². The Bertz CT molecular complexity index is 914. The van der Waals surface area contributed by atoms with Gasteiger partial charge in [0.2, 0.25) is 5.89 Å². The Balaban J connectivity index is 1.64. The van der Waals surface area contributed by atoms with Crippen molar-refractivity contribution in [2.45, 2.75) is 31.4 Å². The van der Waals surface area contributed by atoms with Crippen LogP contribution in [-0.4, -0.2) is 21.7 Å². The normalized spacial score (nSPS) is 11.5. The van der Waals surface area contributed by atoms with E-state index in [1.165, 1.54) is 17.3 Å². The molecule has 0 aliphatic rings. The largest absolute Gasteiger partial charge is 0.411 e. The van der Waals surface area contributed by atoms with Gasteiger partial charge in [-0.25, -0.2) is 0 Å². The number of rotatable bonds is 5. The SMILES string of the molecule is CC(C)(C)c1ccc(C(=O)CSc2nnc(-c3ccccc3Br)o2)cc1. The Hall–Kier alpha value is -1.92. The lowest BCUT2D eigenvalue weighted by Gasteiger charge is -2.18. The highest BCUT2D eigenvalue weighted by Gasteiger charge is 2.16. The number of carbonyl (C=O) groups is 1. The Labute approximate surface area is 165 Å². The second-order valence-electron chi connectivity index (χ2n) is 6.89. The van der Waals surface area contributed by atoms with Crippen LogP contribution in [0.4, 0.5) is 0 Å². The summed E-state index contributed by atoms with van der Waals surface area (Å²) in [6, 6.07) is 15.4. The molecule has 0 unspecified atom stereocenters. The smallest absolute Gasteiger partial charge is 0.277 e. The van der Waals surface area contributed by atoms with Gasteiger partial charge in [0.1, 0.15) is 0 Å². The number of aromatic nitrogens is 2. The molecule has 0 saturated heterocycles. The molecule has 0 atom stereocenters. The molecular formula is C20H19BrN2O2S. The Morgan fingerprint density at radius 3 is 2.42 bits per heavy atom. The van der Waals surface area contributed by atoms with Crippen LogP contribution in [0.5, 0.6) is 0 Å². The number of nitrogens with zero attached hydrogens (tertiary/aromatic N) is 2. The van der Waals surface area contributed by atoms with E-state index >= 15 is 0 Å². The standard InChI is InChI=1S/C20H19BrN2O2S/c1-20(2,3)14-10-8-13(9-11-14)17(24)12-26-19-23-22-18(25-19)15-6-4-5-7-16(15)21/h4-11H,12H2,1-3H3. The molecule has 6 heteroatoms. The Kier molecular flexibility index (Phi) is 5.63. The van der Waals surface area contributed by atoms with Crippen LogP contribution in [0.15, 0.2) is 62.6 Å². The van der Waals surface area contributed by atoms with Crippen LogP contribution < -0.4 is 0 Å². The minimum absolute atomic E-state index is 0.0381. The number of carbonyl (C=O) groups excluding carboxylic acids is 1. The first-order chi connectivity index (χ1) is 12.3. The van der Waals surface area contributed by atoms with E-state index in [1.54, 1.807) is 0 Å². The quantitative estimate of drug-likeness (QED) is 0.379. The number of hydrogen-bond acceptors (Lipinski definition) is 5. The Morgan fingerprint density at radius 1 is 1.08 bits per heavy atom. The van der Waals surface area contributed by atoms with Gasteiger partial charge >= 0.3 is 0 Å². The molecule has 0 fully saturated rings. The minimum Gasteiger partial charge on any atom is -0.411 e. The van der Waals surface area contributed by atoms with Crippen molar-refractivity contribution in [1.29, 1.82) is 0 Å². The third-order valence-corrected chi connectivity index (χ3v) is 5.42. The first kappa shape index (κ1) is 18.9. The summed E-state index contributed by atoms with van der Waals surface area (Å²) in [5.41, 5.74) is 2.80. The predicted octanol–water partition coefficient (Wildman–Crippen LogP) is 5.77. The van der Waals surface area contributed by atoms with Crippen molar-refractivity contribution in [3.05, 3.63) is 64.1 Å². The fraction of sp³-hybridized carbons (Fsp3) is 0.250. The molecule has 3 rings (SSSR count). The minimum atomic E-state index is 0.0381. The van der Waals surface area contributed by atoms with Crippen molar-refractivity contribution < 1.29 is 9.21 Å². The number of halogens is 1. The molecule has 4 nitrogen and oxygen atoms in total. The van der Waals surface area contributed by atoms with Gasteiger partial charge in [-0.1, -0.05) is 68.9 Å². The van der Waals surface area contributed by atoms with Crippen LogP contribution in [0.25, 0.3) is 11.5 Å². The summed E-state index contributed by atoms with van der Waals surface area (Å²) < 4.78 is 6.54. The molecule has 0 amide bonds. The highest BCUT2D eigenvalue weighted by atomic mass is 79.9. The molecule has 0 N–H and O–H groups in total. The van der Waals surface area contributed by atoms with E-state index < -0.39 is 0 Å². The van der Waals surface area contributed by atoms with Crippen molar-refractivity contribution in [2.75, 3.05) is 5.75 Å². The van der Waals surface area contributed by atoms with E-state index in [2.05, 4.69) is 46.9 Å². The van der Waals surface area contributed by atoms with Crippen LogP contribution >= 0.6 is 27.7 Å². The summed E-state index contributed by atoms with van der Waals surface area (Å²) in [7, 11) is 0. The highest BCUT2D eigenvalue weighted by molar-refractivity contribution is 9.10. The number of thioether (sulfide) groups is 1. The number of hydrogen-bond donors (Lipinski definition) is 0. The summed E-state index contributed by atoms with van der Waals surface area (Å²) in [6.07, 6.45) is 0. The predicted molar refractivity (Wildman–Crippen MR) is 108 cm³/mol. The van der Waals surface area contributed by atoms with Crippen LogP contribution in [0.1, 0.15) is 36.7 Å². The second kappa shape index (κ2) is 7.76. The van der Waals surface area contributed by atoms with Gasteiger partial charge in [-0.2, -0.15) is 0 Å². The molecule has 0 bridgehead atoms. The fourth-order valence-corrected chi connectivity index (χ4v) is 3.49. The maximum atomic E-state index is 12.4. The maximum Gasteiger partial charge on any atom is 0.277 e. The zero-order valence-electron chi connectivity index (χ0n) is 14.8. The summed E-state index contributed by atoms with van der Waals surface area (Å²) in [5.74, 6) is 0.727. The van der Waals surface area contributed by atoms with Gasteiger partial charge < -0.3 is 4.42 Å². The van der Waals surface area contributed by atoms with E-state index in [4.69, 9.17) is 4.42 Å². The van der Waals surface area contributed by atoms with Gasteiger partial charge in [0.05, 0.1) is 11.3 Å². The average molecular weight is 431 g/mol. The van der Waals surface area contributed by atoms with Crippen molar-refractivity contribution in [1.82, 2.24) is 10.2 Å². The molecule has 0 spiro atoms. The van der Waals surface area contributed by atoms with Crippen LogP contribution in [0.2, 0.25) is 0 Å². The van der Waals surface area contributed by atoms with E-state index in [0.717, 1.165) is 10.0 Å². The van der Waals surface area contributed by atoms with Crippen LogP contribution in [0.3, 0.4) is 0 Å². The molecule has 0 aliphatic heterocycles. The average Bonchev–Trinajstić information content (AvgIpc) is 3.08. The lowest BCUT2D eigenvalue weighted by atomic mass is 9.86. The molecule has 0 saturated carbocycles. The van der Waals surface area contributed by atoms with Gasteiger partial charge in [-0.15, -0.1) is 10.2 Å². The molecule has 0 aliphatic carbocycles. The summed E-state index contributed by atoms with van der Waals surface area (Å²) in [5, 5.41) is 8.46. The lowest BCUT2D eigenvalue weighted by Crippen LogP contribution is -2.11. The maximum absolute atomic E-state index is 12.4. The first-order valence-corrected chi connectivity index (χ1v) is 9.97. The molecule has 0 radical (unpaired) electrons. The second-order valence-corrected chi connectivity index (χ2v) is 8.67. The third kappa shape index (κ3) is 4.43. The fourth-order valence-electron chi connectivity index (χ4n) is 2.38. The van der Waals surface area contributed by atoms with Gasteiger partial charge in [0.25, 0.3) is 5.22 Å². The van der Waals surface area contributed by atoms with E-state index in [1.807, 2.05) is 48.5 Å². The summed E-state index contributed by atoms with van der Waals surface area (Å²) >= 11 is 4.72. The third-order valence-electron chi connectivity index (χ3n) is 3.91. The summed E-state index contributed by atoms with van der Waals surface area (Å²) in [6.45, 7) is 6.45. The van der Waals surface area contributed by atoms with E-state index in [-0.39, 0.29) is 17.0 Å². The van der Waals surface area contributed by atoms with Crippen molar-refractivity contribution in [3.63, 3.8) is 0 Å². The van der Waals surface area contributed by atoms with Crippen LogP contribution in [-0.2, 0) is 5.41 Å². The molecule has 1 heterocycles. The first-order valence-electron chi connectivity index (χ1n) is 8.19. The number of Topliss-reactive ketones (excluding diaryl/α,β-unsaturated/α-hetero) is 1. The Morgan fingerprint density at radius 2 is 1.77 bits per heavy atom. The topological polar surface area (TPSA) is 56.0 Å². The monoisotopic (exact) mass is 430 g/mol. The van der Waals surface area contributed by atoms with Gasteiger partial charge in [0.15, 0.2) is 5.78 Å². The molecular weight excluding hydrogens is 412 g/mol. The number of ketones is 1. The van der Waals surface area contributed by atoms with Crippen molar-refractivity contribution in [3.8, 4) is 11.5 Å². The van der Waals surface area contributed by atoms with Crippen molar-refractivity contribution in [2.24, 2.45) is 0 Å². The van der Waals surface area contributed by atoms with E-state index in [9.17, 15) is 4.79 Å². The van der Waals surface area contributed by atoms with Gasteiger partial charge in [-0.05, 0) is 39.0 Å².